The van der Waals surface area contributed by atoms with Gasteiger partial charge in [0.2, 0.25) is 15.9 Å². The fourth-order valence-electron chi connectivity index (χ4n) is 3.04. The van der Waals surface area contributed by atoms with Crippen molar-refractivity contribution in [3.63, 3.8) is 0 Å². The van der Waals surface area contributed by atoms with E-state index < -0.39 is 16.1 Å². The van der Waals surface area contributed by atoms with E-state index in [1.165, 1.54) is 26.4 Å². The molecule has 3 rings (SSSR count). The average molecular weight is 390 g/mol. The molecule has 0 aromatic heterocycles. The molecule has 1 amide bonds. The highest BCUT2D eigenvalue weighted by molar-refractivity contribution is 7.89. The molecule has 1 aliphatic heterocycles. The summed E-state index contributed by atoms with van der Waals surface area (Å²) in [6.07, 6.45) is 0.0966. The molecule has 144 valence electrons. The number of benzene rings is 2. The van der Waals surface area contributed by atoms with Crippen LogP contribution in [0.2, 0.25) is 0 Å². The van der Waals surface area contributed by atoms with Gasteiger partial charge in [0.05, 0.1) is 14.2 Å². The summed E-state index contributed by atoms with van der Waals surface area (Å²) in [7, 11) is -1.03. The molecule has 2 aromatic rings. The van der Waals surface area contributed by atoms with Crippen molar-refractivity contribution in [2.75, 3.05) is 25.7 Å². The van der Waals surface area contributed by atoms with Gasteiger partial charge in [0.25, 0.3) is 0 Å². The van der Waals surface area contributed by atoms with E-state index in [1.807, 2.05) is 31.2 Å². The minimum atomic E-state index is -3.89. The monoisotopic (exact) mass is 390 g/mol. The second-order valence-corrected chi connectivity index (χ2v) is 8.06. The zero-order valence-corrected chi connectivity index (χ0v) is 16.2. The Kier molecular flexibility index (Phi) is 5.38. The number of hydrogen-bond acceptors (Lipinski definition) is 5. The van der Waals surface area contributed by atoms with Gasteiger partial charge >= 0.3 is 0 Å². The first-order valence-corrected chi connectivity index (χ1v) is 9.94. The number of aryl methyl sites for hydroxylation is 1. The lowest BCUT2D eigenvalue weighted by Crippen LogP contribution is -2.37. The van der Waals surface area contributed by atoms with Crippen molar-refractivity contribution in [3.05, 3.63) is 48.0 Å². The number of hydrogen-bond donors (Lipinski definition) is 1. The largest absolute Gasteiger partial charge is 0.497 e. The van der Waals surface area contributed by atoms with Crippen molar-refractivity contribution in [2.24, 2.45) is 0 Å². The van der Waals surface area contributed by atoms with E-state index in [4.69, 9.17) is 9.47 Å². The SMILES string of the molecule is COc1ccc(OC)c(S(=O)(=O)N[C@H]2CC(=O)N(c3ccc(C)cc3)C2)c1. The predicted octanol–water partition coefficient (Wildman–Crippen LogP) is 2.10. The van der Waals surface area contributed by atoms with Crippen LogP contribution in [-0.4, -0.2) is 41.1 Å². The van der Waals surface area contributed by atoms with Crippen LogP contribution in [0.15, 0.2) is 47.4 Å². The highest BCUT2D eigenvalue weighted by Gasteiger charge is 2.34. The Morgan fingerprint density at radius 3 is 2.41 bits per heavy atom. The van der Waals surface area contributed by atoms with Gasteiger partial charge in [-0.25, -0.2) is 13.1 Å². The quantitative estimate of drug-likeness (QED) is 0.816. The Morgan fingerprint density at radius 2 is 1.78 bits per heavy atom. The van der Waals surface area contributed by atoms with Crippen LogP contribution < -0.4 is 19.1 Å². The highest BCUT2D eigenvalue weighted by Crippen LogP contribution is 2.29. The van der Waals surface area contributed by atoms with Crippen LogP contribution in [0.4, 0.5) is 5.69 Å². The maximum absolute atomic E-state index is 12.9. The van der Waals surface area contributed by atoms with E-state index in [1.54, 1.807) is 11.0 Å². The summed E-state index contributed by atoms with van der Waals surface area (Å²) < 4.78 is 38.6. The smallest absolute Gasteiger partial charge is 0.244 e. The normalized spacial score (nSPS) is 17.2. The van der Waals surface area contributed by atoms with Gasteiger partial charge in [-0.15, -0.1) is 0 Å². The first kappa shape index (κ1) is 19.2. The van der Waals surface area contributed by atoms with Gasteiger partial charge < -0.3 is 14.4 Å². The van der Waals surface area contributed by atoms with Crippen LogP contribution in [0, 0.1) is 6.92 Å². The average Bonchev–Trinajstić information content (AvgIpc) is 3.01. The van der Waals surface area contributed by atoms with E-state index in [9.17, 15) is 13.2 Å². The molecule has 2 aromatic carbocycles. The Morgan fingerprint density at radius 1 is 1.07 bits per heavy atom. The molecule has 1 aliphatic rings. The molecule has 1 atom stereocenters. The van der Waals surface area contributed by atoms with Gasteiger partial charge in [-0.05, 0) is 31.2 Å². The lowest BCUT2D eigenvalue weighted by molar-refractivity contribution is -0.117. The maximum atomic E-state index is 12.9. The van der Waals surface area contributed by atoms with Gasteiger partial charge in [-0.3, -0.25) is 4.79 Å². The minimum Gasteiger partial charge on any atom is -0.497 e. The molecule has 0 spiro atoms. The molecule has 1 saturated heterocycles. The Balaban J connectivity index is 1.81. The van der Waals surface area contributed by atoms with Crippen molar-refractivity contribution in [2.45, 2.75) is 24.3 Å². The standard InChI is InChI=1S/C19H22N2O5S/c1-13-4-6-15(7-5-13)21-12-14(10-19(21)22)20-27(23,24)18-11-16(25-2)8-9-17(18)26-3/h4-9,11,14,20H,10,12H2,1-3H3/t14-/m0/s1. The molecule has 1 heterocycles. The second kappa shape index (κ2) is 7.58. The van der Waals surface area contributed by atoms with Crippen molar-refractivity contribution in [1.82, 2.24) is 4.72 Å². The van der Waals surface area contributed by atoms with Crippen LogP contribution in [0.3, 0.4) is 0 Å². The third kappa shape index (κ3) is 4.06. The van der Waals surface area contributed by atoms with Gasteiger partial charge in [0.1, 0.15) is 16.4 Å². The summed E-state index contributed by atoms with van der Waals surface area (Å²) in [4.78, 5) is 13.9. The molecule has 27 heavy (non-hydrogen) atoms. The Hall–Kier alpha value is -2.58. The summed E-state index contributed by atoms with van der Waals surface area (Å²) in [6, 6.07) is 11.6. The zero-order chi connectivity index (χ0) is 19.6. The van der Waals surface area contributed by atoms with E-state index in [-0.39, 0.29) is 29.5 Å². The summed E-state index contributed by atoms with van der Waals surface area (Å²) >= 11 is 0. The van der Waals surface area contributed by atoms with Crippen molar-refractivity contribution < 1.29 is 22.7 Å². The molecule has 8 heteroatoms. The number of rotatable bonds is 6. The summed E-state index contributed by atoms with van der Waals surface area (Å²) in [5.74, 6) is 0.493. The Bertz CT molecular complexity index is 941. The topological polar surface area (TPSA) is 84.9 Å². The van der Waals surface area contributed by atoms with E-state index in [2.05, 4.69) is 4.72 Å². The molecule has 0 radical (unpaired) electrons. The van der Waals surface area contributed by atoms with Gasteiger partial charge in [0.15, 0.2) is 0 Å². The number of carbonyl (C=O) groups is 1. The number of methoxy groups -OCH3 is 2. The lowest BCUT2D eigenvalue weighted by Gasteiger charge is -2.18. The molecule has 0 saturated carbocycles. The van der Waals surface area contributed by atoms with Crippen molar-refractivity contribution in [1.29, 1.82) is 0 Å². The van der Waals surface area contributed by atoms with Crippen LogP contribution in [0.5, 0.6) is 11.5 Å². The number of nitrogens with one attached hydrogen (secondary N) is 1. The van der Waals surface area contributed by atoms with Crippen LogP contribution in [0.1, 0.15) is 12.0 Å². The fraction of sp³-hybridized carbons (Fsp3) is 0.316. The van der Waals surface area contributed by atoms with E-state index in [0.717, 1.165) is 11.3 Å². The van der Waals surface area contributed by atoms with Crippen molar-refractivity contribution in [3.8, 4) is 11.5 Å². The lowest BCUT2D eigenvalue weighted by atomic mass is 10.2. The first-order chi connectivity index (χ1) is 12.8. The number of nitrogens with zero attached hydrogens (tertiary/aromatic N) is 1. The molecule has 0 bridgehead atoms. The molecule has 0 unspecified atom stereocenters. The number of ether oxygens (including phenoxy) is 2. The zero-order valence-electron chi connectivity index (χ0n) is 15.4. The number of anilines is 1. The fourth-order valence-corrected chi connectivity index (χ4v) is 4.45. The summed E-state index contributed by atoms with van der Waals surface area (Å²) in [6.45, 7) is 2.24. The summed E-state index contributed by atoms with van der Waals surface area (Å²) in [5.41, 5.74) is 1.85. The number of carbonyl (C=O) groups excluding carboxylic acids is 1. The first-order valence-electron chi connectivity index (χ1n) is 8.45. The van der Waals surface area contributed by atoms with Crippen LogP contribution in [0.25, 0.3) is 0 Å². The third-order valence-corrected chi connectivity index (χ3v) is 5.99. The molecular weight excluding hydrogens is 368 g/mol. The maximum Gasteiger partial charge on any atom is 0.244 e. The third-order valence-electron chi connectivity index (χ3n) is 4.45. The molecule has 1 N–H and O–H groups in total. The van der Waals surface area contributed by atoms with Gasteiger partial charge in [0, 0.05) is 30.8 Å². The summed E-state index contributed by atoms with van der Waals surface area (Å²) in [5, 5.41) is 0. The van der Waals surface area contributed by atoms with E-state index in [0.29, 0.717) is 5.75 Å². The molecule has 1 fully saturated rings. The van der Waals surface area contributed by atoms with E-state index >= 15 is 0 Å². The molecule has 7 nitrogen and oxygen atoms in total. The predicted molar refractivity (Wildman–Crippen MR) is 102 cm³/mol. The van der Waals surface area contributed by atoms with Gasteiger partial charge in [-0.2, -0.15) is 0 Å². The number of amides is 1. The molecule has 0 aliphatic carbocycles. The van der Waals surface area contributed by atoms with Crippen LogP contribution >= 0.6 is 0 Å². The highest BCUT2D eigenvalue weighted by atomic mass is 32.2. The number of sulfonamides is 1. The minimum absolute atomic E-state index is 0.0226. The Labute approximate surface area is 158 Å². The van der Waals surface area contributed by atoms with Crippen molar-refractivity contribution >= 4 is 21.6 Å². The second-order valence-electron chi connectivity index (χ2n) is 6.38. The van der Waals surface area contributed by atoms with Crippen LogP contribution in [-0.2, 0) is 14.8 Å². The molecular formula is C19H22N2O5S. The van der Waals surface area contributed by atoms with Gasteiger partial charge in [-0.1, -0.05) is 17.7 Å².